The number of halogens is 1. The molecule has 10 heteroatoms. The Morgan fingerprint density at radius 1 is 0.667 bits per heavy atom. The van der Waals surface area contributed by atoms with Crippen molar-refractivity contribution in [2.24, 2.45) is 0 Å². The predicted octanol–water partition coefficient (Wildman–Crippen LogP) is 0.611. The zero-order valence-corrected chi connectivity index (χ0v) is 19.7. The van der Waals surface area contributed by atoms with Gasteiger partial charge in [-0.2, -0.15) is 0 Å². The van der Waals surface area contributed by atoms with Gasteiger partial charge in [-0.3, -0.25) is 19.2 Å². The molecule has 0 bridgehead atoms. The van der Waals surface area contributed by atoms with Crippen molar-refractivity contribution in [2.45, 2.75) is 13.0 Å². The molecule has 4 amide bonds. The first-order valence-corrected chi connectivity index (χ1v) is 11.4. The molecule has 0 heterocycles. The number of alkyl halides is 1. The van der Waals surface area contributed by atoms with Crippen molar-refractivity contribution >= 4 is 39.6 Å². The van der Waals surface area contributed by atoms with Gasteiger partial charge in [0.05, 0.1) is 31.6 Å². The Hall–Kier alpha value is -3.24. The zero-order valence-electron chi connectivity index (χ0n) is 18.1. The predicted molar refractivity (Wildman–Crippen MR) is 126 cm³/mol. The summed E-state index contributed by atoms with van der Waals surface area (Å²) in [7, 11) is 0. The fourth-order valence-corrected chi connectivity index (χ4v) is 2.93. The number of ether oxygens (including phenoxy) is 1. The summed E-state index contributed by atoms with van der Waals surface area (Å²) in [4.78, 5) is 46.0. The molecule has 2 aromatic rings. The van der Waals surface area contributed by atoms with Crippen LogP contribution in [0.1, 0.15) is 16.7 Å². The van der Waals surface area contributed by atoms with E-state index < -0.39 is 17.7 Å². The summed E-state index contributed by atoms with van der Waals surface area (Å²) in [6.07, 6.45) is 0.830. The average Bonchev–Trinajstić information content (AvgIpc) is 2.83. The normalized spacial score (nSPS) is 10.2. The van der Waals surface area contributed by atoms with Crippen LogP contribution in [0.2, 0.25) is 0 Å². The second-order valence-electron chi connectivity index (χ2n) is 7.04. The summed E-state index contributed by atoms with van der Waals surface area (Å²) < 4.78 is 5.50. The molecule has 0 atom stereocenters. The van der Waals surface area contributed by atoms with Gasteiger partial charge in [0.15, 0.2) is 0 Å². The lowest BCUT2D eigenvalue weighted by Crippen LogP contribution is -2.44. The van der Waals surface area contributed by atoms with Crippen molar-refractivity contribution in [3.8, 4) is 0 Å². The van der Waals surface area contributed by atoms with E-state index in [1.165, 1.54) is 11.1 Å². The van der Waals surface area contributed by atoms with Gasteiger partial charge in [-0.15, -0.1) is 0 Å². The van der Waals surface area contributed by atoms with Crippen LogP contribution < -0.4 is 21.3 Å². The minimum absolute atomic E-state index is 0.00161. The molecule has 0 unspecified atom stereocenters. The maximum absolute atomic E-state index is 11.8. The summed E-state index contributed by atoms with van der Waals surface area (Å²) in [5.41, 5.74) is 3.39. The van der Waals surface area contributed by atoms with Crippen LogP contribution in [-0.4, -0.2) is 55.3 Å². The minimum atomic E-state index is -0.526. The van der Waals surface area contributed by atoms with E-state index in [4.69, 9.17) is 4.74 Å². The summed E-state index contributed by atoms with van der Waals surface area (Å²) in [6, 6.07) is 18.2. The molecule has 9 nitrogen and oxygen atoms in total. The molecule has 0 saturated heterocycles. The lowest BCUT2D eigenvalue weighted by atomic mass is 10.0. The van der Waals surface area contributed by atoms with Crippen LogP contribution in [-0.2, 0) is 36.9 Å². The molecule has 0 aliphatic carbocycles. The molecule has 0 aromatic heterocycles. The largest absolute Gasteiger partial charge is 0.357 e. The van der Waals surface area contributed by atoms with E-state index in [0.29, 0.717) is 6.61 Å². The van der Waals surface area contributed by atoms with Crippen molar-refractivity contribution in [1.82, 2.24) is 21.3 Å². The van der Waals surface area contributed by atoms with Crippen molar-refractivity contribution in [1.29, 1.82) is 0 Å². The van der Waals surface area contributed by atoms with E-state index in [-0.39, 0.29) is 37.6 Å². The van der Waals surface area contributed by atoms with Crippen molar-refractivity contribution in [2.75, 3.05) is 31.7 Å². The molecule has 0 radical (unpaired) electrons. The Morgan fingerprint density at radius 3 is 1.85 bits per heavy atom. The third kappa shape index (κ3) is 11.3. The highest BCUT2D eigenvalue weighted by molar-refractivity contribution is 9.09. The van der Waals surface area contributed by atoms with Gasteiger partial charge in [-0.1, -0.05) is 70.5 Å². The van der Waals surface area contributed by atoms with Gasteiger partial charge < -0.3 is 26.0 Å². The van der Waals surface area contributed by atoms with Gasteiger partial charge in [0.1, 0.15) is 6.73 Å². The van der Waals surface area contributed by atoms with Crippen molar-refractivity contribution < 1.29 is 23.9 Å². The van der Waals surface area contributed by atoms with Gasteiger partial charge >= 0.3 is 0 Å². The SMILES string of the molecule is O=C(CBr)NCC(=O)NCC(=O)NCC(=O)NCOCc1cccc(Cc2ccccc2)c1. The number of nitrogens with one attached hydrogen (secondary N) is 4. The highest BCUT2D eigenvalue weighted by atomic mass is 79.9. The number of hydrogen-bond donors (Lipinski definition) is 4. The quantitative estimate of drug-likeness (QED) is 0.175. The van der Waals surface area contributed by atoms with Crippen LogP contribution in [0.3, 0.4) is 0 Å². The second kappa shape index (κ2) is 14.8. The van der Waals surface area contributed by atoms with Crippen LogP contribution in [0, 0.1) is 0 Å². The Morgan fingerprint density at radius 2 is 1.21 bits per heavy atom. The molecule has 4 N–H and O–H groups in total. The molecule has 2 aromatic carbocycles. The number of carbonyl (C=O) groups is 4. The fraction of sp³-hybridized carbons (Fsp3) is 0.304. The Balaban J connectivity index is 1.58. The van der Waals surface area contributed by atoms with E-state index in [1.807, 2.05) is 30.3 Å². The van der Waals surface area contributed by atoms with Crippen molar-refractivity contribution in [3.63, 3.8) is 0 Å². The molecule has 0 aliphatic heterocycles. The smallest absolute Gasteiger partial charge is 0.241 e. The van der Waals surface area contributed by atoms with Gasteiger partial charge in [0.25, 0.3) is 0 Å². The van der Waals surface area contributed by atoms with E-state index in [1.54, 1.807) is 0 Å². The lowest BCUT2D eigenvalue weighted by molar-refractivity contribution is -0.128. The third-order valence-corrected chi connectivity index (χ3v) is 4.85. The molecule has 0 saturated carbocycles. The Kier molecular flexibility index (Phi) is 11.6. The number of rotatable bonds is 13. The first kappa shape index (κ1) is 26.0. The van der Waals surface area contributed by atoms with Crippen LogP contribution in [0.25, 0.3) is 0 Å². The molecule has 176 valence electrons. The molecular formula is C23H27BrN4O5. The first-order chi connectivity index (χ1) is 16.0. The highest BCUT2D eigenvalue weighted by Gasteiger charge is 2.08. The summed E-state index contributed by atoms with van der Waals surface area (Å²) >= 11 is 2.95. The zero-order chi connectivity index (χ0) is 23.9. The van der Waals surface area contributed by atoms with E-state index in [9.17, 15) is 19.2 Å². The molecule has 33 heavy (non-hydrogen) atoms. The van der Waals surface area contributed by atoms with Crippen molar-refractivity contribution in [3.05, 3.63) is 71.3 Å². The second-order valence-corrected chi connectivity index (χ2v) is 7.60. The first-order valence-electron chi connectivity index (χ1n) is 10.3. The minimum Gasteiger partial charge on any atom is -0.357 e. The number of carbonyl (C=O) groups excluding carboxylic acids is 4. The van der Waals surface area contributed by atoms with Gasteiger partial charge in [0, 0.05) is 0 Å². The molecule has 0 aliphatic rings. The van der Waals surface area contributed by atoms with Gasteiger partial charge in [-0.25, -0.2) is 0 Å². The van der Waals surface area contributed by atoms with E-state index in [0.717, 1.165) is 12.0 Å². The standard InChI is InChI=1S/C23H27BrN4O5/c24-11-20(29)25-12-21(30)26-13-22(31)27-14-23(32)28-16-33-15-19-8-4-7-18(10-19)9-17-5-2-1-3-6-17/h1-8,10H,9,11-16H2,(H,25,29)(H,26,30)(H,27,31)(H,28,32). The average molecular weight is 519 g/mol. The topological polar surface area (TPSA) is 126 Å². The number of benzene rings is 2. The van der Waals surface area contributed by atoms with Crippen LogP contribution in [0.4, 0.5) is 0 Å². The maximum Gasteiger partial charge on any atom is 0.241 e. The number of amides is 4. The highest BCUT2D eigenvalue weighted by Crippen LogP contribution is 2.12. The summed E-state index contributed by atoms with van der Waals surface area (Å²) in [5.74, 6) is -1.79. The Labute approximate surface area is 200 Å². The lowest BCUT2D eigenvalue weighted by Gasteiger charge is -2.10. The molecule has 0 spiro atoms. The van der Waals surface area contributed by atoms with Crippen LogP contribution in [0.5, 0.6) is 0 Å². The summed E-state index contributed by atoms with van der Waals surface area (Å²) in [6.45, 7) is -0.434. The van der Waals surface area contributed by atoms with E-state index in [2.05, 4.69) is 61.5 Å². The fourth-order valence-electron chi connectivity index (χ4n) is 2.73. The Bertz CT molecular complexity index is 939. The van der Waals surface area contributed by atoms with Crippen LogP contribution >= 0.6 is 15.9 Å². The third-order valence-electron chi connectivity index (χ3n) is 4.34. The van der Waals surface area contributed by atoms with Gasteiger partial charge in [0.2, 0.25) is 23.6 Å². The summed E-state index contributed by atoms with van der Waals surface area (Å²) in [5, 5.41) is 9.71. The van der Waals surface area contributed by atoms with E-state index >= 15 is 0 Å². The maximum atomic E-state index is 11.8. The van der Waals surface area contributed by atoms with Crippen LogP contribution in [0.15, 0.2) is 54.6 Å². The molecule has 2 rings (SSSR count). The monoisotopic (exact) mass is 518 g/mol. The molecular weight excluding hydrogens is 492 g/mol. The number of hydrogen-bond acceptors (Lipinski definition) is 5. The molecule has 0 fully saturated rings. The van der Waals surface area contributed by atoms with Gasteiger partial charge in [-0.05, 0) is 23.1 Å².